The van der Waals surface area contributed by atoms with Crippen LogP contribution >= 0.6 is 11.3 Å². The number of nitrogens with one attached hydrogen (secondary N) is 1. The van der Waals surface area contributed by atoms with Gasteiger partial charge in [-0.15, -0.1) is 11.3 Å². The number of nitrogens with zero attached hydrogens (tertiary/aromatic N) is 4. The third kappa shape index (κ3) is 6.46. The molecule has 1 aliphatic heterocycles. The number of rotatable bonds is 11. The zero-order chi connectivity index (χ0) is 26.4. The fraction of sp³-hybridized carbons (Fsp3) is 0.500. The molecule has 1 amide bonds. The van der Waals surface area contributed by atoms with Gasteiger partial charge < -0.3 is 5.32 Å². The van der Waals surface area contributed by atoms with Crippen molar-refractivity contribution in [3.8, 4) is 0 Å². The summed E-state index contributed by atoms with van der Waals surface area (Å²) in [6.07, 6.45) is 4.73. The summed E-state index contributed by atoms with van der Waals surface area (Å²) in [6.45, 7) is 7.61. The van der Waals surface area contributed by atoms with Crippen LogP contribution in [0.15, 0.2) is 46.3 Å². The van der Waals surface area contributed by atoms with Gasteiger partial charge in [0, 0.05) is 37.6 Å². The maximum absolute atomic E-state index is 13.4. The lowest BCUT2D eigenvalue weighted by Gasteiger charge is -2.25. The van der Waals surface area contributed by atoms with E-state index < -0.39 is 15.6 Å². The highest BCUT2D eigenvalue weighted by Gasteiger charge is 2.32. The maximum atomic E-state index is 13.4. The Bertz CT molecular complexity index is 1380. The highest BCUT2D eigenvalue weighted by atomic mass is 32.2. The van der Waals surface area contributed by atoms with Crippen LogP contribution in [0.1, 0.15) is 43.0 Å². The number of piperidine rings is 1. The molecule has 2 aromatic heterocycles. The summed E-state index contributed by atoms with van der Waals surface area (Å²) in [5, 5.41) is 2.96. The number of fused-ring (bicyclic) bond motifs is 1. The first-order valence-electron chi connectivity index (χ1n) is 12.8. The van der Waals surface area contributed by atoms with Gasteiger partial charge in [-0.25, -0.2) is 13.4 Å². The maximum Gasteiger partial charge on any atom is 0.263 e. The predicted molar refractivity (Wildman–Crippen MR) is 146 cm³/mol. The fourth-order valence-corrected chi connectivity index (χ4v) is 7.89. The average molecular weight is 546 g/mol. The van der Waals surface area contributed by atoms with Gasteiger partial charge in [0.15, 0.2) is 0 Å². The lowest BCUT2D eigenvalue weighted by atomic mass is 10.2. The molecule has 0 saturated carbocycles. The Morgan fingerprint density at radius 3 is 2.59 bits per heavy atom. The van der Waals surface area contributed by atoms with Crippen LogP contribution in [0.5, 0.6) is 0 Å². The van der Waals surface area contributed by atoms with Crippen LogP contribution in [0.25, 0.3) is 10.2 Å². The number of aromatic nitrogens is 2. The third-order valence-electron chi connectivity index (χ3n) is 6.70. The van der Waals surface area contributed by atoms with Crippen molar-refractivity contribution in [2.75, 3.05) is 32.7 Å². The molecule has 1 fully saturated rings. The number of amides is 1. The predicted octanol–water partition coefficient (Wildman–Crippen LogP) is 2.97. The van der Waals surface area contributed by atoms with Crippen LogP contribution in [0.3, 0.4) is 0 Å². The first-order valence-corrected chi connectivity index (χ1v) is 15.1. The number of carbonyl (C=O) groups excluding carboxylic acids is 1. The van der Waals surface area contributed by atoms with Crippen molar-refractivity contribution in [2.45, 2.75) is 57.5 Å². The molecule has 1 N–H and O–H groups in total. The van der Waals surface area contributed by atoms with E-state index in [1.165, 1.54) is 32.1 Å². The molecule has 4 rings (SSSR count). The zero-order valence-corrected chi connectivity index (χ0v) is 23.1. The Balaban J connectivity index is 1.40. The van der Waals surface area contributed by atoms with E-state index in [-0.39, 0.29) is 22.7 Å². The van der Waals surface area contributed by atoms with E-state index in [4.69, 9.17) is 0 Å². The Morgan fingerprint density at radius 1 is 1.16 bits per heavy atom. The number of benzene rings is 1. The van der Waals surface area contributed by atoms with Gasteiger partial charge in [0.1, 0.15) is 16.3 Å². The van der Waals surface area contributed by atoms with Crippen molar-refractivity contribution in [1.82, 2.24) is 24.1 Å². The molecule has 3 aromatic rings. The van der Waals surface area contributed by atoms with Crippen LogP contribution in [-0.2, 0) is 27.9 Å². The average Bonchev–Trinajstić information content (AvgIpc) is 3.26. The summed E-state index contributed by atoms with van der Waals surface area (Å²) >= 11 is 1.20. The molecule has 3 heterocycles. The summed E-state index contributed by atoms with van der Waals surface area (Å²) in [4.78, 5) is 33.5. The van der Waals surface area contributed by atoms with Crippen LogP contribution in [0, 0.1) is 6.92 Å². The fourth-order valence-electron chi connectivity index (χ4n) is 4.70. The molecular formula is C26H35N5O4S2. The number of aryl methyl sites for hydroxylation is 1. The summed E-state index contributed by atoms with van der Waals surface area (Å²) in [5.41, 5.74) is 0.751. The molecule has 9 nitrogen and oxygen atoms in total. The van der Waals surface area contributed by atoms with Crippen molar-refractivity contribution < 1.29 is 13.2 Å². The molecule has 0 unspecified atom stereocenters. The first-order chi connectivity index (χ1) is 17.8. The van der Waals surface area contributed by atoms with Gasteiger partial charge in [-0.1, -0.05) is 43.7 Å². The van der Waals surface area contributed by atoms with Crippen LogP contribution in [0.4, 0.5) is 0 Å². The molecule has 37 heavy (non-hydrogen) atoms. The van der Waals surface area contributed by atoms with Crippen molar-refractivity contribution in [1.29, 1.82) is 0 Å². The van der Waals surface area contributed by atoms with Gasteiger partial charge in [0.05, 0.1) is 11.7 Å². The van der Waals surface area contributed by atoms with Crippen LogP contribution in [0.2, 0.25) is 0 Å². The van der Waals surface area contributed by atoms with Crippen molar-refractivity contribution in [2.24, 2.45) is 0 Å². The van der Waals surface area contributed by atoms with E-state index in [1.54, 1.807) is 6.92 Å². The van der Waals surface area contributed by atoms with Gasteiger partial charge in [0.25, 0.3) is 5.56 Å². The number of carbonyl (C=O) groups is 1. The second-order valence-corrected chi connectivity index (χ2v) is 12.4. The molecular weight excluding hydrogens is 510 g/mol. The lowest BCUT2D eigenvalue weighted by molar-refractivity contribution is -0.121. The normalized spacial score (nSPS) is 14.9. The molecule has 0 atom stereocenters. The standard InChI is InChI=1S/C26H35N5O4S2/c1-3-29(17-21-11-6-4-7-12-21)14-10-13-27-22(32)18-30-19-28-25-23(26(30)33)24(20(2)36-25)37(34,35)31-15-8-5-9-16-31/h4,6-7,11-12,19H,3,5,8-10,13-18H2,1-2H3,(H,27,32). The Kier molecular flexibility index (Phi) is 9.12. The second kappa shape index (κ2) is 12.3. The molecule has 11 heteroatoms. The van der Waals surface area contributed by atoms with Gasteiger partial charge in [0.2, 0.25) is 15.9 Å². The lowest BCUT2D eigenvalue weighted by Crippen LogP contribution is -2.37. The minimum atomic E-state index is -3.81. The quantitative estimate of drug-likeness (QED) is 0.372. The number of sulfonamides is 1. The molecule has 0 radical (unpaired) electrons. The molecule has 1 aliphatic rings. The SMILES string of the molecule is CCN(CCCNC(=O)Cn1cnc2sc(C)c(S(=O)(=O)N3CCCCC3)c2c1=O)Cc1ccccc1. The molecule has 0 spiro atoms. The number of hydrogen-bond donors (Lipinski definition) is 1. The molecule has 1 aromatic carbocycles. The largest absolute Gasteiger partial charge is 0.354 e. The minimum absolute atomic E-state index is 0.0414. The van der Waals surface area contributed by atoms with E-state index in [1.807, 2.05) is 18.2 Å². The molecule has 0 aliphatic carbocycles. The van der Waals surface area contributed by atoms with Gasteiger partial charge in [-0.3, -0.25) is 19.1 Å². The van der Waals surface area contributed by atoms with E-state index in [0.717, 1.165) is 45.3 Å². The number of thiophene rings is 1. The van der Waals surface area contributed by atoms with Gasteiger partial charge >= 0.3 is 0 Å². The first kappa shape index (κ1) is 27.4. The number of hydrogen-bond acceptors (Lipinski definition) is 7. The van der Waals surface area contributed by atoms with Crippen molar-refractivity contribution in [3.63, 3.8) is 0 Å². The van der Waals surface area contributed by atoms with Crippen molar-refractivity contribution in [3.05, 3.63) is 57.5 Å². The van der Waals surface area contributed by atoms with E-state index in [0.29, 0.717) is 29.3 Å². The van der Waals surface area contributed by atoms with E-state index in [9.17, 15) is 18.0 Å². The highest BCUT2D eigenvalue weighted by Crippen LogP contribution is 2.33. The van der Waals surface area contributed by atoms with Crippen LogP contribution in [-0.4, -0.2) is 65.8 Å². The Hall–Kier alpha value is -2.60. The summed E-state index contributed by atoms with van der Waals surface area (Å²) < 4.78 is 29.5. The second-order valence-electron chi connectivity index (χ2n) is 9.37. The monoisotopic (exact) mass is 545 g/mol. The summed E-state index contributed by atoms with van der Waals surface area (Å²) in [7, 11) is -3.81. The van der Waals surface area contributed by atoms with Gasteiger partial charge in [-0.05, 0) is 38.3 Å². The minimum Gasteiger partial charge on any atom is -0.354 e. The topological polar surface area (TPSA) is 105 Å². The summed E-state index contributed by atoms with van der Waals surface area (Å²) in [5.74, 6) is -0.304. The molecule has 0 bridgehead atoms. The molecule has 1 saturated heterocycles. The van der Waals surface area contributed by atoms with Crippen LogP contribution < -0.4 is 10.9 Å². The third-order valence-corrected chi connectivity index (χ3v) is 9.91. The molecule has 200 valence electrons. The Morgan fingerprint density at radius 2 is 1.89 bits per heavy atom. The summed E-state index contributed by atoms with van der Waals surface area (Å²) in [6, 6.07) is 10.3. The van der Waals surface area contributed by atoms with Gasteiger partial charge in [-0.2, -0.15) is 4.31 Å². The Labute approximate surface area is 222 Å². The highest BCUT2D eigenvalue weighted by molar-refractivity contribution is 7.89. The van der Waals surface area contributed by atoms with E-state index >= 15 is 0 Å². The zero-order valence-electron chi connectivity index (χ0n) is 21.5. The smallest absolute Gasteiger partial charge is 0.263 e. The van der Waals surface area contributed by atoms with Crippen molar-refractivity contribution >= 4 is 37.5 Å². The van der Waals surface area contributed by atoms with E-state index in [2.05, 4.69) is 34.3 Å².